The summed E-state index contributed by atoms with van der Waals surface area (Å²) in [6.07, 6.45) is 3.64. The van der Waals surface area contributed by atoms with Gasteiger partial charge in [0.2, 0.25) is 0 Å². The van der Waals surface area contributed by atoms with Crippen LogP contribution in [-0.4, -0.2) is 28.5 Å². The fraction of sp³-hybridized carbons (Fsp3) is 0. The second kappa shape index (κ2) is 6.61. The monoisotopic (exact) mass is 380 g/mol. The lowest BCUT2D eigenvalue weighted by atomic mass is 10.3. The Morgan fingerprint density at radius 1 is 1.24 bits per heavy atom. The van der Waals surface area contributed by atoms with Gasteiger partial charge in [0.1, 0.15) is 16.4 Å². The molecule has 0 saturated heterocycles. The van der Waals surface area contributed by atoms with E-state index in [0.717, 1.165) is 24.5 Å². The van der Waals surface area contributed by atoms with Crippen LogP contribution in [0.5, 0.6) is 0 Å². The number of hydrogen-bond acceptors (Lipinski definition) is 5. The molecule has 0 bridgehead atoms. The number of anilines is 1. The summed E-state index contributed by atoms with van der Waals surface area (Å²) in [5.41, 5.74) is 0.274. The summed E-state index contributed by atoms with van der Waals surface area (Å²) >= 11 is 5.62. The zero-order valence-corrected chi connectivity index (χ0v) is 14.0. The van der Waals surface area contributed by atoms with Crippen molar-refractivity contribution in [2.45, 2.75) is 4.90 Å². The SMILES string of the molecule is O=C(Nc1cnn(S(=O)(=O)c2ccc(Cl)cc2F)c1)c1ccccn1. The van der Waals surface area contributed by atoms with Crippen LogP contribution in [0.3, 0.4) is 0 Å². The highest BCUT2D eigenvalue weighted by molar-refractivity contribution is 7.89. The minimum atomic E-state index is -4.26. The smallest absolute Gasteiger partial charge is 0.285 e. The van der Waals surface area contributed by atoms with Crippen LogP contribution in [0, 0.1) is 5.82 Å². The molecule has 0 aliphatic carbocycles. The Kier molecular flexibility index (Phi) is 4.51. The van der Waals surface area contributed by atoms with Crippen molar-refractivity contribution in [3.8, 4) is 0 Å². The highest BCUT2D eigenvalue weighted by atomic mass is 35.5. The zero-order valence-electron chi connectivity index (χ0n) is 12.4. The Labute approximate surface area is 147 Å². The second-order valence-corrected chi connectivity index (χ2v) is 7.05. The number of carbonyl (C=O) groups excluding carboxylic acids is 1. The highest BCUT2D eigenvalue weighted by Crippen LogP contribution is 2.22. The third kappa shape index (κ3) is 3.52. The first-order valence-corrected chi connectivity index (χ1v) is 8.67. The zero-order chi connectivity index (χ0) is 18.0. The number of pyridine rings is 1. The highest BCUT2D eigenvalue weighted by Gasteiger charge is 2.23. The van der Waals surface area contributed by atoms with E-state index >= 15 is 0 Å². The van der Waals surface area contributed by atoms with E-state index in [1.54, 1.807) is 12.1 Å². The summed E-state index contributed by atoms with van der Waals surface area (Å²) in [7, 11) is -4.26. The van der Waals surface area contributed by atoms with E-state index in [9.17, 15) is 17.6 Å². The summed E-state index contributed by atoms with van der Waals surface area (Å²) in [6.45, 7) is 0. The van der Waals surface area contributed by atoms with Crippen LogP contribution in [0.1, 0.15) is 10.5 Å². The van der Waals surface area contributed by atoms with Crippen LogP contribution in [0.4, 0.5) is 10.1 Å². The van der Waals surface area contributed by atoms with Crippen molar-refractivity contribution in [2.75, 3.05) is 5.32 Å². The van der Waals surface area contributed by atoms with E-state index < -0.39 is 26.6 Å². The molecule has 10 heteroatoms. The maximum Gasteiger partial charge on any atom is 0.285 e. The summed E-state index contributed by atoms with van der Waals surface area (Å²) in [5.74, 6) is -1.53. The molecule has 0 spiro atoms. The lowest BCUT2D eigenvalue weighted by Crippen LogP contribution is -2.15. The number of aromatic nitrogens is 3. The average molecular weight is 381 g/mol. The molecule has 0 saturated carbocycles. The lowest BCUT2D eigenvalue weighted by molar-refractivity contribution is 0.102. The van der Waals surface area contributed by atoms with Crippen molar-refractivity contribution in [3.63, 3.8) is 0 Å². The molecule has 3 rings (SSSR count). The van der Waals surface area contributed by atoms with E-state index in [1.165, 1.54) is 18.3 Å². The van der Waals surface area contributed by atoms with Gasteiger partial charge in [-0.15, -0.1) is 0 Å². The van der Waals surface area contributed by atoms with Gasteiger partial charge in [-0.25, -0.2) is 4.39 Å². The quantitative estimate of drug-likeness (QED) is 0.750. The van der Waals surface area contributed by atoms with Crippen LogP contribution >= 0.6 is 11.6 Å². The molecular formula is C15H10ClFN4O3S. The third-order valence-corrected chi connectivity index (χ3v) is 4.95. The van der Waals surface area contributed by atoms with Gasteiger partial charge in [-0.05, 0) is 30.3 Å². The van der Waals surface area contributed by atoms with E-state index in [1.807, 2.05) is 0 Å². The summed E-state index contributed by atoms with van der Waals surface area (Å²) in [6, 6.07) is 7.98. The topological polar surface area (TPSA) is 94.0 Å². The predicted octanol–water partition coefficient (Wildman–Crippen LogP) is 2.56. The van der Waals surface area contributed by atoms with E-state index in [2.05, 4.69) is 15.4 Å². The fourth-order valence-corrected chi connectivity index (χ4v) is 3.31. The number of hydrogen-bond donors (Lipinski definition) is 1. The Bertz CT molecular complexity index is 1040. The van der Waals surface area contributed by atoms with Crippen molar-refractivity contribution in [2.24, 2.45) is 0 Å². The van der Waals surface area contributed by atoms with Crippen molar-refractivity contribution in [3.05, 3.63) is 71.5 Å². The van der Waals surface area contributed by atoms with Crippen molar-refractivity contribution >= 4 is 33.2 Å². The molecule has 128 valence electrons. The van der Waals surface area contributed by atoms with Gasteiger partial charge >= 0.3 is 0 Å². The van der Waals surface area contributed by atoms with Crippen LogP contribution in [0.15, 0.2) is 59.9 Å². The van der Waals surface area contributed by atoms with E-state index in [4.69, 9.17) is 11.6 Å². The number of carbonyl (C=O) groups is 1. The first kappa shape index (κ1) is 17.1. The van der Waals surface area contributed by atoms with Crippen LogP contribution < -0.4 is 5.32 Å². The maximum atomic E-state index is 13.9. The van der Waals surface area contributed by atoms with Gasteiger partial charge in [0.05, 0.1) is 18.1 Å². The van der Waals surface area contributed by atoms with Gasteiger partial charge in [0, 0.05) is 11.2 Å². The third-order valence-electron chi connectivity index (χ3n) is 3.13. The molecule has 0 radical (unpaired) electrons. The summed E-state index contributed by atoms with van der Waals surface area (Å²) < 4.78 is 39.3. The summed E-state index contributed by atoms with van der Waals surface area (Å²) in [4.78, 5) is 15.3. The standard InChI is InChI=1S/C15H10ClFN4O3S/c16-10-4-5-14(12(17)7-10)25(23,24)21-9-11(8-19-21)20-15(22)13-3-1-2-6-18-13/h1-9H,(H,20,22). The molecule has 0 atom stereocenters. The van der Waals surface area contributed by atoms with Gasteiger partial charge < -0.3 is 5.32 Å². The predicted molar refractivity (Wildman–Crippen MR) is 88.4 cm³/mol. The van der Waals surface area contributed by atoms with E-state index in [-0.39, 0.29) is 16.4 Å². The molecule has 1 N–H and O–H groups in total. The van der Waals surface area contributed by atoms with Gasteiger partial charge in [-0.2, -0.15) is 17.6 Å². The molecule has 1 aromatic carbocycles. The van der Waals surface area contributed by atoms with Crippen molar-refractivity contribution in [1.82, 2.24) is 14.2 Å². The van der Waals surface area contributed by atoms with Crippen LogP contribution in [0.2, 0.25) is 5.02 Å². The molecule has 3 aromatic rings. The number of nitrogens with one attached hydrogen (secondary N) is 1. The van der Waals surface area contributed by atoms with Gasteiger partial charge in [-0.1, -0.05) is 17.7 Å². The Morgan fingerprint density at radius 3 is 2.72 bits per heavy atom. The average Bonchev–Trinajstić information content (AvgIpc) is 3.04. The Balaban J connectivity index is 1.87. The molecule has 0 aliphatic heterocycles. The van der Waals surface area contributed by atoms with Crippen LogP contribution in [-0.2, 0) is 10.0 Å². The van der Waals surface area contributed by atoms with Gasteiger partial charge in [-0.3, -0.25) is 9.78 Å². The first-order chi connectivity index (χ1) is 11.9. The number of halogens is 2. The van der Waals surface area contributed by atoms with Crippen molar-refractivity contribution in [1.29, 1.82) is 0 Å². The fourth-order valence-electron chi connectivity index (χ4n) is 1.98. The summed E-state index contributed by atoms with van der Waals surface area (Å²) in [5, 5.41) is 6.20. The minimum absolute atomic E-state index is 0.0697. The Morgan fingerprint density at radius 2 is 2.04 bits per heavy atom. The molecule has 25 heavy (non-hydrogen) atoms. The second-order valence-electron chi connectivity index (χ2n) is 4.85. The molecule has 2 aromatic heterocycles. The lowest BCUT2D eigenvalue weighted by Gasteiger charge is -2.05. The van der Waals surface area contributed by atoms with Gasteiger partial charge in [0.15, 0.2) is 0 Å². The molecule has 0 unspecified atom stereocenters. The number of benzene rings is 1. The molecule has 2 heterocycles. The minimum Gasteiger partial charge on any atom is -0.318 e. The largest absolute Gasteiger partial charge is 0.318 e. The number of rotatable bonds is 4. The van der Waals surface area contributed by atoms with Gasteiger partial charge in [0.25, 0.3) is 15.9 Å². The maximum absolute atomic E-state index is 13.9. The van der Waals surface area contributed by atoms with E-state index in [0.29, 0.717) is 4.09 Å². The molecule has 7 nitrogen and oxygen atoms in total. The number of nitrogens with zero attached hydrogens (tertiary/aromatic N) is 3. The Hall–Kier alpha value is -2.78. The molecular weight excluding hydrogens is 371 g/mol. The first-order valence-electron chi connectivity index (χ1n) is 6.85. The van der Waals surface area contributed by atoms with Crippen LogP contribution in [0.25, 0.3) is 0 Å². The molecule has 1 amide bonds. The normalized spacial score (nSPS) is 11.3. The molecule has 0 aliphatic rings. The molecule has 0 fully saturated rings. The number of amides is 1. The van der Waals surface area contributed by atoms with Crippen molar-refractivity contribution < 1.29 is 17.6 Å².